The number of morpholine rings is 1. The molecule has 1 fully saturated rings. The van der Waals surface area contributed by atoms with Gasteiger partial charge in [0.2, 0.25) is 11.9 Å². The molecule has 0 bridgehead atoms. The highest BCUT2D eigenvalue weighted by molar-refractivity contribution is 5.80. The van der Waals surface area contributed by atoms with Crippen LogP contribution in [0.15, 0.2) is 59.8 Å². The highest BCUT2D eigenvalue weighted by Crippen LogP contribution is 2.35. The van der Waals surface area contributed by atoms with Crippen LogP contribution in [0.3, 0.4) is 0 Å². The van der Waals surface area contributed by atoms with Crippen molar-refractivity contribution in [2.45, 2.75) is 19.0 Å². The van der Waals surface area contributed by atoms with Gasteiger partial charge in [-0.3, -0.25) is 18.5 Å². The summed E-state index contributed by atoms with van der Waals surface area (Å²) in [5, 5.41) is 0. The van der Waals surface area contributed by atoms with E-state index in [1.807, 2.05) is 24.3 Å². The molecule has 2 aliphatic heterocycles. The summed E-state index contributed by atoms with van der Waals surface area (Å²) in [6.45, 7) is 2.17. The fourth-order valence-corrected chi connectivity index (χ4v) is 5.38. The lowest BCUT2D eigenvalue weighted by molar-refractivity contribution is -0.135. The van der Waals surface area contributed by atoms with Crippen LogP contribution in [0, 0.1) is 5.82 Å². The first-order valence-electron chi connectivity index (χ1n) is 12.8. The van der Waals surface area contributed by atoms with Gasteiger partial charge in [-0.15, -0.1) is 0 Å². The van der Waals surface area contributed by atoms with Gasteiger partial charge in [-0.05, 0) is 18.2 Å². The Bertz CT molecular complexity index is 1790. The fourth-order valence-electron chi connectivity index (χ4n) is 5.38. The van der Waals surface area contributed by atoms with E-state index >= 15 is 0 Å². The molecule has 5 aromatic rings. The highest BCUT2D eigenvalue weighted by atomic mass is 19.1. The van der Waals surface area contributed by atoms with Crippen LogP contribution in [0.2, 0.25) is 0 Å². The zero-order chi connectivity index (χ0) is 26.5. The van der Waals surface area contributed by atoms with Crippen LogP contribution < -0.4 is 10.4 Å². The zero-order valence-corrected chi connectivity index (χ0v) is 20.9. The number of carbonyl (C=O) groups is 1. The van der Waals surface area contributed by atoms with Gasteiger partial charge in [0.25, 0.3) is 0 Å². The number of benzene rings is 2. The normalized spacial score (nSPS) is 17.4. The molecule has 0 radical (unpaired) electrons. The van der Waals surface area contributed by atoms with E-state index in [0.717, 1.165) is 5.56 Å². The number of fused-ring (bicyclic) bond motifs is 3. The average Bonchev–Trinajstić information content (AvgIpc) is 3.50. The van der Waals surface area contributed by atoms with Gasteiger partial charge in [0.05, 0.1) is 43.1 Å². The van der Waals surface area contributed by atoms with E-state index in [1.165, 1.54) is 23.0 Å². The van der Waals surface area contributed by atoms with Gasteiger partial charge < -0.3 is 14.4 Å². The lowest BCUT2D eigenvalue weighted by atomic mass is 10.0. The monoisotopic (exact) mass is 529 g/mol. The number of nitrogens with zero attached hydrogens (tertiary/aromatic N) is 7. The second kappa shape index (κ2) is 9.31. The van der Waals surface area contributed by atoms with Crippen molar-refractivity contribution >= 4 is 28.1 Å². The second-order valence-corrected chi connectivity index (χ2v) is 9.55. The van der Waals surface area contributed by atoms with E-state index in [2.05, 4.69) is 9.97 Å². The van der Waals surface area contributed by atoms with Gasteiger partial charge >= 0.3 is 5.69 Å². The predicted molar refractivity (Wildman–Crippen MR) is 138 cm³/mol. The van der Waals surface area contributed by atoms with Crippen molar-refractivity contribution in [3.63, 3.8) is 0 Å². The fraction of sp³-hybridized carbons (Fsp3) is 0.296. The molecule has 3 aromatic heterocycles. The molecule has 39 heavy (non-hydrogen) atoms. The van der Waals surface area contributed by atoms with Crippen molar-refractivity contribution in [2.24, 2.45) is 0 Å². The number of aromatic nitrogens is 6. The molecule has 0 spiro atoms. The molecule has 198 valence electrons. The molecule has 1 amide bonds. The van der Waals surface area contributed by atoms with E-state index in [0.29, 0.717) is 67.3 Å². The third-order valence-corrected chi connectivity index (χ3v) is 7.31. The number of halogens is 1. The maximum absolute atomic E-state index is 14.1. The molecule has 2 aromatic carbocycles. The number of hydrogen-bond donors (Lipinski definition) is 0. The van der Waals surface area contributed by atoms with Gasteiger partial charge in [0.1, 0.15) is 30.0 Å². The van der Waals surface area contributed by atoms with Gasteiger partial charge in [0, 0.05) is 31.1 Å². The quantitative estimate of drug-likeness (QED) is 0.352. The van der Waals surface area contributed by atoms with E-state index in [9.17, 15) is 14.0 Å². The summed E-state index contributed by atoms with van der Waals surface area (Å²) in [5.41, 5.74) is 2.40. The molecular formula is C27H24FN7O4. The van der Waals surface area contributed by atoms with Gasteiger partial charge in [0.15, 0.2) is 5.65 Å². The number of carbonyl (C=O) groups excluding carboxylic acids is 1. The van der Waals surface area contributed by atoms with Crippen LogP contribution in [-0.2, 0) is 16.1 Å². The van der Waals surface area contributed by atoms with Crippen LogP contribution in [-0.4, -0.2) is 72.4 Å². The van der Waals surface area contributed by atoms with Crippen LogP contribution >= 0.6 is 0 Å². The smallest absolute Gasteiger partial charge is 0.331 e. The molecule has 1 atom stereocenters. The molecule has 7 rings (SSSR count). The number of rotatable bonds is 4. The summed E-state index contributed by atoms with van der Waals surface area (Å²) in [5.74, 6) is 0.360. The number of para-hydroxylation sites is 1. The Kier molecular flexibility index (Phi) is 5.62. The van der Waals surface area contributed by atoms with E-state index in [1.54, 1.807) is 26.3 Å². The lowest BCUT2D eigenvalue weighted by Gasteiger charge is -2.27. The number of imidazole rings is 2. The van der Waals surface area contributed by atoms with Crippen molar-refractivity contribution in [1.82, 2.24) is 33.6 Å². The molecule has 0 N–H and O–H groups in total. The molecule has 12 heteroatoms. The van der Waals surface area contributed by atoms with E-state index in [4.69, 9.17) is 14.5 Å². The standard InChI is InChI=1S/C27H24FN7O4/c28-17-5-6-19-21(13-17)34(16-30-19)26-29-14-22-25(31-26)35(20-7-10-39-23-4-2-1-3-18(20)23)27(37)33(22)15-24(36)32-8-11-38-12-9-32/h1-6,13-14,16,20H,7-12,15H2. The van der Waals surface area contributed by atoms with Crippen LogP contribution in [0.25, 0.3) is 28.1 Å². The summed E-state index contributed by atoms with van der Waals surface area (Å²) in [4.78, 5) is 42.5. The van der Waals surface area contributed by atoms with Crippen molar-refractivity contribution in [2.75, 3.05) is 32.9 Å². The summed E-state index contributed by atoms with van der Waals surface area (Å²) < 4.78 is 29.9. The average molecular weight is 530 g/mol. The number of hydrogen-bond acceptors (Lipinski definition) is 7. The third-order valence-electron chi connectivity index (χ3n) is 7.31. The van der Waals surface area contributed by atoms with Gasteiger partial charge in [-0.25, -0.2) is 19.2 Å². The molecule has 1 saturated heterocycles. The zero-order valence-electron chi connectivity index (χ0n) is 20.9. The minimum atomic E-state index is -0.408. The molecule has 0 aliphatic carbocycles. The molecule has 0 saturated carbocycles. The van der Waals surface area contributed by atoms with Crippen molar-refractivity contribution in [3.8, 4) is 11.7 Å². The van der Waals surface area contributed by atoms with E-state index in [-0.39, 0.29) is 30.1 Å². The summed E-state index contributed by atoms with van der Waals surface area (Å²) in [6.07, 6.45) is 3.61. The summed E-state index contributed by atoms with van der Waals surface area (Å²) in [7, 11) is 0. The lowest BCUT2D eigenvalue weighted by Crippen LogP contribution is -2.43. The molecular weight excluding hydrogens is 505 g/mol. The maximum Gasteiger partial charge on any atom is 0.331 e. The molecule has 1 unspecified atom stereocenters. The highest BCUT2D eigenvalue weighted by Gasteiger charge is 2.30. The predicted octanol–water partition coefficient (Wildman–Crippen LogP) is 2.30. The molecule has 11 nitrogen and oxygen atoms in total. The van der Waals surface area contributed by atoms with Crippen LogP contribution in [0.4, 0.5) is 4.39 Å². The summed E-state index contributed by atoms with van der Waals surface area (Å²) >= 11 is 0. The Balaban J connectivity index is 1.41. The van der Waals surface area contributed by atoms with Crippen molar-refractivity contribution in [3.05, 3.63) is 76.9 Å². The number of amides is 1. The van der Waals surface area contributed by atoms with Crippen LogP contribution in [0.1, 0.15) is 18.0 Å². The minimum Gasteiger partial charge on any atom is -0.493 e. The first-order chi connectivity index (χ1) is 19.1. The molecule has 5 heterocycles. The molecule has 2 aliphatic rings. The Labute approximate surface area is 221 Å². The SMILES string of the molecule is O=C(Cn1c(=O)n(C2CCOc3ccccc32)c2nc(-n3cnc4ccc(F)cc43)ncc21)N1CCOCC1. The maximum atomic E-state index is 14.1. The van der Waals surface area contributed by atoms with Crippen molar-refractivity contribution in [1.29, 1.82) is 0 Å². The van der Waals surface area contributed by atoms with Gasteiger partial charge in [-0.1, -0.05) is 18.2 Å². The Morgan fingerprint density at radius 3 is 2.77 bits per heavy atom. The minimum absolute atomic E-state index is 0.144. The Morgan fingerprint density at radius 2 is 1.90 bits per heavy atom. The largest absolute Gasteiger partial charge is 0.493 e. The van der Waals surface area contributed by atoms with E-state index < -0.39 is 5.82 Å². The number of ether oxygens (including phenoxy) is 2. The topological polar surface area (TPSA) is 109 Å². The Morgan fingerprint density at radius 1 is 1.05 bits per heavy atom. The van der Waals surface area contributed by atoms with Gasteiger partial charge in [-0.2, -0.15) is 4.98 Å². The van der Waals surface area contributed by atoms with Crippen molar-refractivity contribution < 1.29 is 18.7 Å². The van der Waals surface area contributed by atoms with Crippen LogP contribution in [0.5, 0.6) is 5.75 Å². The third kappa shape index (κ3) is 3.95. The second-order valence-electron chi connectivity index (χ2n) is 9.55. The first kappa shape index (κ1) is 23.5. The summed E-state index contributed by atoms with van der Waals surface area (Å²) in [6, 6.07) is 11.5. The Hall–Kier alpha value is -4.58. The first-order valence-corrected chi connectivity index (χ1v) is 12.8.